The minimum atomic E-state index is -0.525. The monoisotopic (exact) mass is 422 g/mol. The number of nitrogens with one attached hydrogen (secondary N) is 1. The van der Waals surface area contributed by atoms with E-state index in [1.165, 1.54) is 6.20 Å². The Balaban J connectivity index is 1.80. The van der Waals surface area contributed by atoms with Gasteiger partial charge in [-0.2, -0.15) is 0 Å². The van der Waals surface area contributed by atoms with Gasteiger partial charge in [0, 0.05) is 18.9 Å². The second-order valence-corrected chi connectivity index (χ2v) is 7.12. The van der Waals surface area contributed by atoms with Crippen LogP contribution in [0.3, 0.4) is 0 Å². The smallest absolute Gasteiger partial charge is 0.338 e. The van der Waals surface area contributed by atoms with Crippen molar-refractivity contribution in [2.75, 3.05) is 18.5 Å². The van der Waals surface area contributed by atoms with Gasteiger partial charge in [-0.3, -0.25) is 9.59 Å². The van der Waals surface area contributed by atoms with Crippen molar-refractivity contribution in [3.8, 4) is 5.75 Å². The molecule has 0 atom stereocenters. The van der Waals surface area contributed by atoms with Gasteiger partial charge in [0.1, 0.15) is 11.3 Å². The van der Waals surface area contributed by atoms with Crippen LogP contribution in [0.15, 0.2) is 53.5 Å². The molecule has 7 nitrogen and oxygen atoms in total. The van der Waals surface area contributed by atoms with Crippen molar-refractivity contribution in [2.24, 2.45) is 7.05 Å². The van der Waals surface area contributed by atoms with Crippen LogP contribution in [0.2, 0.25) is 0 Å². The maximum absolute atomic E-state index is 12.9. The van der Waals surface area contributed by atoms with Crippen LogP contribution in [0.5, 0.6) is 5.75 Å². The third-order valence-corrected chi connectivity index (χ3v) is 4.83. The summed E-state index contributed by atoms with van der Waals surface area (Å²) in [6, 6.07) is 11.6. The van der Waals surface area contributed by atoms with Gasteiger partial charge >= 0.3 is 5.97 Å². The third kappa shape index (κ3) is 5.12. The first-order chi connectivity index (χ1) is 14.9. The number of amides is 1. The molecular weight excluding hydrogens is 396 g/mol. The number of aryl methyl sites for hydroxylation is 1. The lowest BCUT2D eigenvalue weighted by Gasteiger charge is -2.11. The van der Waals surface area contributed by atoms with E-state index in [9.17, 15) is 14.4 Å². The van der Waals surface area contributed by atoms with Crippen molar-refractivity contribution < 1.29 is 19.1 Å². The van der Waals surface area contributed by atoms with Crippen LogP contribution < -0.4 is 15.5 Å². The van der Waals surface area contributed by atoms with Crippen LogP contribution in [0.4, 0.5) is 5.69 Å². The summed E-state index contributed by atoms with van der Waals surface area (Å²) in [6.45, 7) is 4.74. The number of nitrogens with zero attached hydrogens (tertiary/aromatic N) is 1. The number of esters is 1. The molecule has 0 radical (unpaired) electrons. The van der Waals surface area contributed by atoms with Crippen LogP contribution in [-0.4, -0.2) is 29.7 Å². The second-order valence-electron chi connectivity index (χ2n) is 7.12. The summed E-state index contributed by atoms with van der Waals surface area (Å²) >= 11 is 0. The van der Waals surface area contributed by atoms with E-state index in [2.05, 4.69) is 5.32 Å². The number of unbranched alkanes of at least 4 members (excludes halogenated alkanes) is 1. The first kappa shape index (κ1) is 22.1. The molecule has 0 saturated heterocycles. The molecule has 3 aromatic rings. The Kier molecular flexibility index (Phi) is 7.07. The van der Waals surface area contributed by atoms with E-state index in [1.807, 2.05) is 13.8 Å². The molecule has 0 unspecified atom stereocenters. The lowest BCUT2D eigenvalue weighted by atomic mass is 10.1. The van der Waals surface area contributed by atoms with Crippen LogP contribution in [0, 0.1) is 0 Å². The van der Waals surface area contributed by atoms with Crippen molar-refractivity contribution in [3.63, 3.8) is 0 Å². The van der Waals surface area contributed by atoms with Crippen molar-refractivity contribution in [1.82, 2.24) is 4.57 Å². The SMILES string of the molecule is CCCCOC(=O)c1ccc(NC(=O)c2cn(C)c3ccc(OCC)cc3c2=O)cc1. The highest BCUT2D eigenvalue weighted by Gasteiger charge is 2.16. The summed E-state index contributed by atoms with van der Waals surface area (Å²) in [5.41, 5.74) is 1.23. The molecule has 1 amide bonds. The van der Waals surface area contributed by atoms with Gasteiger partial charge in [-0.1, -0.05) is 13.3 Å². The third-order valence-electron chi connectivity index (χ3n) is 4.83. The molecule has 7 heteroatoms. The highest BCUT2D eigenvalue weighted by Crippen LogP contribution is 2.19. The normalized spacial score (nSPS) is 10.7. The number of hydrogen-bond donors (Lipinski definition) is 1. The van der Waals surface area contributed by atoms with E-state index in [4.69, 9.17) is 9.47 Å². The van der Waals surface area contributed by atoms with Gasteiger partial charge in [0.05, 0.1) is 29.7 Å². The highest BCUT2D eigenvalue weighted by atomic mass is 16.5. The molecule has 2 aromatic carbocycles. The zero-order chi connectivity index (χ0) is 22.4. The maximum atomic E-state index is 12.9. The van der Waals surface area contributed by atoms with Crippen molar-refractivity contribution in [1.29, 1.82) is 0 Å². The van der Waals surface area contributed by atoms with Crippen molar-refractivity contribution >= 4 is 28.5 Å². The zero-order valence-corrected chi connectivity index (χ0v) is 17.9. The number of carbonyl (C=O) groups excluding carboxylic acids is 2. The second kappa shape index (κ2) is 9.93. The first-order valence-corrected chi connectivity index (χ1v) is 10.3. The lowest BCUT2D eigenvalue weighted by molar-refractivity contribution is 0.0499. The molecule has 0 aliphatic heterocycles. The van der Waals surface area contributed by atoms with E-state index in [1.54, 1.807) is 54.1 Å². The van der Waals surface area contributed by atoms with Crippen molar-refractivity contribution in [3.05, 3.63) is 70.0 Å². The van der Waals surface area contributed by atoms with Gasteiger partial charge in [-0.15, -0.1) is 0 Å². The lowest BCUT2D eigenvalue weighted by Crippen LogP contribution is -2.23. The number of fused-ring (bicyclic) bond motifs is 1. The largest absolute Gasteiger partial charge is 0.494 e. The molecule has 3 rings (SSSR count). The predicted molar refractivity (Wildman–Crippen MR) is 120 cm³/mol. The van der Waals surface area contributed by atoms with Crippen LogP contribution in [-0.2, 0) is 11.8 Å². The Morgan fingerprint density at radius 1 is 1.06 bits per heavy atom. The zero-order valence-electron chi connectivity index (χ0n) is 17.9. The molecule has 1 N–H and O–H groups in total. The van der Waals surface area contributed by atoms with Crippen LogP contribution >= 0.6 is 0 Å². The number of pyridine rings is 1. The molecule has 0 saturated carbocycles. The summed E-state index contributed by atoms with van der Waals surface area (Å²) < 4.78 is 12.4. The number of rotatable bonds is 8. The molecule has 1 aromatic heterocycles. The minimum Gasteiger partial charge on any atom is -0.494 e. The number of ether oxygens (including phenoxy) is 2. The van der Waals surface area contributed by atoms with E-state index in [0.29, 0.717) is 41.1 Å². The topological polar surface area (TPSA) is 86.6 Å². The maximum Gasteiger partial charge on any atom is 0.338 e. The molecule has 0 bridgehead atoms. The fourth-order valence-corrected chi connectivity index (χ4v) is 3.17. The summed E-state index contributed by atoms with van der Waals surface area (Å²) in [7, 11) is 1.78. The summed E-state index contributed by atoms with van der Waals surface area (Å²) in [5.74, 6) is -0.353. The highest BCUT2D eigenvalue weighted by molar-refractivity contribution is 6.06. The first-order valence-electron chi connectivity index (χ1n) is 10.3. The summed E-state index contributed by atoms with van der Waals surface area (Å²) in [4.78, 5) is 37.7. The number of aromatic nitrogens is 1. The Labute approximate surface area is 180 Å². The van der Waals surface area contributed by atoms with E-state index in [0.717, 1.165) is 12.8 Å². The fraction of sp³-hybridized carbons (Fsp3) is 0.292. The average molecular weight is 422 g/mol. The Morgan fingerprint density at radius 2 is 1.81 bits per heavy atom. The van der Waals surface area contributed by atoms with Gasteiger partial charge in [-0.05, 0) is 55.8 Å². The number of carbonyl (C=O) groups is 2. The molecule has 1 heterocycles. The minimum absolute atomic E-state index is 0.0201. The predicted octanol–water partition coefficient (Wildman–Crippen LogP) is 4.15. The molecule has 0 aliphatic rings. The number of benzene rings is 2. The molecule has 162 valence electrons. The Hall–Kier alpha value is -3.61. The van der Waals surface area contributed by atoms with Crippen molar-refractivity contribution in [2.45, 2.75) is 26.7 Å². The molecule has 0 fully saturated rings. The van der Waals surface area contributed by atoms with Gasteiger partial charge in [-0.25, -0.2) is 4.79 Å². The van der Waals surface area contributed by atoms with Crippen LogP contribution in [0.25, 0.3) is 10.9 Å². The Bertz CT molecular complexity index is 1150. The molecule has 0 aliphatic carbocycles. The number of hydrogen-bond acceptors (Lipinski definition) is 5. The fourth-order valence-electron chi connectivity index (χ4n) is 3.17. The Morgan fingerprint density at radius 3 is 2.48 bits per heavy atom. The number of anilines is 1. The molecular formula is C24H26N2O5. The van der Waals surface area contributed by atoms with E-state index < -0.39 is 11.9 Å². The summed E-state index contributed by atoms with van der Waals surface area (Å²) in [5, 5.41) is 3.12. The quantitative estimate of drug-likeness (QED) is 0.435. The molecule has 31 heavy (non-hydrogen) atoms. The summed E-state index contributed by atoms with van der Waals surface area (Å²) in [6.07, 6.45) is 3.27. The van der Waals surface area contributed by atoms with E-state index >= 15 is 0 Å². The standard InChI is InChI=1S/C24H26N2O5/c1-4-6-13-31-24(29)16-7-9-17(10-8-16)25-23(28)20-15-26(3)21-12-11-18(30-5-2)14-19(21)22(20)27/h7-12,14-15H,4-6,13H2,1-3H3,(H,25,28). The van der Waals surface area contributed by atoms with E-state index in [-0.39, 0.29) is 11.0 Å². The average Bonchev–Trinajstić information content (AvgIpc) is 2.77. The van der Waals surface area contributed by atoms with Gasteiger partial charge in [0.2, 0.25) is 5.43 Å². The van der Waals surface area contributed by atoms with Gasteiger partial charge in [0.15, 0.2) is 0 Å². The van der Waals surface area contributed by atoms with Crippen LogP contribution in [0.1, 0.15) is 47.4 Å². The van der Waals surface area contributed by atoms with Gasteiger partial charge < -0.3 is 19.4 Å². The molecule has 0 spiro atoms. The van der Waals surface area contributed by atoms with Gasteiger partial charge in [0.25, 0.3) is 5.91 Å².